The molecule has 0 fully saturated rings. The summed E-state index contributed by atoms with van der Waals surface area (Å²) in [5.74, 6) is -2.50. The molecule has 2 aromatic rings. The normalized spacial score (nSPS) is 11.5. The van der Waals surface area contributed by atoms with Crippen LogP contribution in [0.3, 0.4) is 0 Å². The van der Waals surface area contributed by atoms with E-state index >= 15 is 0 Å². The number of methoxy groups -OCH3 is 1. The zero-order valence-corrected chi connectivity index (χ0v) is 13.7. The van der Waals surface area contributed by atoms with E-state index in [1.165, 1.54) is 14.0 Å². The maximum absolute atomic E-state index is 13.5. The summed E-state index contributed by atoms with van der Waals surface area (Å²) in [5.41, 5.74) is 0.422. The van der Waals surface area contributed by atoms with Crippen LogP contribution < -0.4 is 10.1 Å². The number of carbonyl (C=O) groups is 2. The molecule has 0 aliphatic rings. The van der Waals surface area contributed by atoms with E-state index in [1.54, 1.807) is 24.3 Å². The number of carbonyl (C=O) groups excluding carboxylic acids is 2. The lowest BCUT2D eigenvalue weighted by atomic mass is 10.1. The number of nitrogens with one attached hydrogen (secondary N) is 1. The third-order valence-electron chi connectivity index (χ3n) is 3.39. The standard InChI is InChI=1S/C18H17F2NO4/c1-11(18(23)21-15-8-7-13(19)10-14(15)20)25-17(22)9-12-5-3-4-6-16(12)24-2/h3-8,10-11H,9H2,1-2H3,(H,21,23)/t11-/m1/s1. The number of hydrogen-bond acceptors (Lipinski definition) is 4. The van der Waals surface area contributed by atoms with Gasteiger partial charge >= 0.3 is 5.97 Å². The average Bonchev–Trinajstić information content (AvgIpc) is 2.57. The van der Waals surface area contributed by atoms with E-state index in [1.807, 2.05) is 0 Å². The lowest BCUT2D eigenvalue weighted by Gasteiger charge is -2.14. The third-order valence-corrected chi connectivity index (χ3v) is 3.39. The molecule has 0 bridgehead atoms. The van der Waals surface area contributed by atoms with Crippen molar-refractivity contribution in [3.63, 3.8) is 0 Å². The molecular weight excluding hydrogens is 332 g/mol. The summed E-state index contributed by atoms with van der Waals surface area (Å²) in [6, 6.07) is 9.67. The number of hydrogen-bond donors (Lipinski definition) is 1. The lowest BCUT2D eigenvalue weighted by Crippen LogP contribution is -2.30. The minimum absolute atomic E-state index is 0.0768. The number of esters is 1. The van der Waals surface area contributed by atoms with Gasteiger partial charge in [0.1, 0.15) is 17.4 Å². The smallest absolute Gasteiger partial charge is 0.311 e. The van der Waals surface area contributed by atoms with E-state index in [2.05, 4.69) is 5.32 Å². The summed E-state index contributed by atoms with van der Waals surface area (Å²) in [5, 5.41) is 2.25. The molecule has 0 radical (unpaired) electrons. The van der Waals surface area contributed by atoms with Crippen molar-refractivity contribution >= 4 is 17.6 Å². The maximum atomic E-state index is 13.5. The highest BCUT2D eigenvalue weighted by Gasteiger charge is 2.20. The second-order valence-electron chi connectivity index (χ2n) is 5.23. The van der Waals surface area contributed by atoms with Gasteiger partial charge in [-0.2, -0.15) is 0 Å². The van der Waals surface area contributed by atoms with Crippen LogP contribution in [0, 0.1) is 11.6 Å². The Hall–Kier alpha value is -2.96. The quantitative estimate of drug-likeness (QED) is 0.814. The van der Waals surface area contributed by atoms with E-state index in [0.717, 1.165) is 12.1 Å². The van der Waals surface area contributed by atoms with Crippen molar-refractivity contribution in [2.45, 2.75) is 19.4 Å². The van der Waals surface area contributed by atoms with Crippen molar-refractivity contribution in [2.24, 2.45) is 0 Å². The molecule has 0 aromatic heterocycles. The van der Waals surface area contributed by atoms with E-state index in [-0.39, 0.29) is 12.1 Å². The fourth-order valence-electron chi connectivity index (χ4n) is 2.12. The van der Waals surface area contributed by atoms with Crippen LogP contribution in [0.5, 0.6) is 5.75 Å². The number of ether oxygens (including phenoxy) is 2. The fraction of sp³-hybridized carbons (Fsp3) is 0.222. The van der Waals surface area contributed by atoms with Crippen LogP contribution in [0.15, 0.2) is 42.5 Å². The monoisotopic (exact) mass is 349 g/mol. The highest BCUT2D eigenvalue weighted by atomic mass is 19.1. The van der Waals surface area contributed by atoms with Crippen molar-refractivity contribution in [1.82, 2.24) is 0 Å². The number of halogens is 2. The van der Waals surface area contributed by atoms with E-state index in [9.17, 15) is 18.4 Å². The summed E-state index contributed by atoms with van der Waals surface area (Å²) >= 11 is 0. The molecule has 1 N–H and O–H groups in total. The topological polar surface area (TPSA) is 64.6 Å². The Bertz CT molecular complexity index is 779. The van der Waals surface area contributed by atoms with Crippen LogP contribution >= 0.6 is 0 Å². The van der Waals surface area contributed by atoms with Gasteiger partial charge in [0.15, 0.2) is 6.10 Å². The predicted octanol–water partition coefficient (Wildman–Crippen LogP) is 3.09. The molecule has 132 valence electrons. The van der Waals surface area contributed by atoms with Crippen molar-refractivity contribution in [2.75, 3.05) is 12.4 Å². The number of rotatable bonds is 6. The predicted molar refractivity (Wildman–Crippen MR) is 87.2 cm³/mol. The Morgan fingerprint density at radius 1 is 1.16 bits per heavy atom. The molecule has 1 atom stereocenters. The molecule has 2 rings (SSSR count). The van der Waals surface area contributed by atoms with Crippen LogP contribution in [-0.4, -0.2) is 25.1 Å². The Balaban J connectivity index is 1.95. The maximum Gasteiger partial charge on any atom is 0.311 e. The fourth-order valence-corrected chi connectivity index (χ4v) is 2.12. The highest BCUT2D eigenvalue weighted by molar-refractivity contribution is 5.95. The average molecular weight is 349 g/mol. The molecule has 1 amide bonds. The number of benzene rings is 2. The van der Waals surface area contributed by atoms with Crippen LogP contribution in [0.1, 0.15) is 12.5 Å². The molecule has 2 aromatic carbocycles. The van der Waals surface area contributed by atoms with Gasteiger partial charge in [0.05, 0.1) is 19.2 Å². The first-order chi connectivity index (χ1) is 11.9. The number of amides is 1. The van der Waals surface area contributed by atoms with Gasteiger partial charge in [0.2, 0.25) is 0 Å². The zero-order valence-electron chi connectivity index (χ0n) is 13.7. The van der Waals surface area contributed by atoms with Crippen molar-refractivity contribution in [1.29, 1.82) is 0 Å². The SMILES string of the molecule is COc1ccccc1CC(=O)O[C@H](C)C(=O)Nc1ccc(F)cc1F. The lowest BCUT2D eigenvalue weighted by molar-refractivity contribution is -0.152. The Morgan fingerprint density at radius 2 is 1.88 bits per heavy atom. The van der Waals surface area contributed by atoms with Crippen LogP contribution in [0.2, 0.25) is 0 Å². The van der Waals surface area contributed by atoms with Crippen molar-refractivity contribution < 1.29 is 27.8 Å². The molecule has 0 spiro atoms. The minimum atomic E-state index is -1.15. The zero-order chi connectivity index (χ0) is 18.4. The largest absolute Gasteiger partial charge is 0.496 e. The van der Waals surface area contributed by atoms with Gasteiger partial charge in [-0.1, -0.05) is 18.2 Å². The first-order valence-electron chi connectivity index (χ1n) is 7.48. The molecule has 5 nitrogen and oxygen atoms in total. The van der Waals surface area contributed by atoms with Gasteiger partial charge in [0.25, 0.3) is 5.91 Å². The van der Waals surface area contributed by atoms with Gasteiger partial charge in [-0.3, -0.25) is 9.59 Å². The summed E-state index contributed by atoms with van der Waals surface area (Å²) in [7, 11) is 1.48. The molecule has 25 heavy (non-hydrogen) atoms. The molecule has 7 heteroatoms. The minimum Gasteiger partial charge on any atom is -0.496 e. The molecule has 0 heterocycles. The van der Waals surface area contributed by atoms with Crippen molar-refractivity contribution in [3.05, 3.63) is 59.7 Å². The van der Waals surface area contributed by atoms with Gasteiger partial charge in [-0.05, 0) is 25.1 Å². The Morgan fingerprint density at radius 3 is 2.56 bits per heavy atom. The van der Waals surface area contributed by atoms with Gasteiger partial charge < -0.3 is 14.8 Å². The number of para-hydroxylation sites is 1. The second kappa shape index (κ2) is 8.23. The summed E-state index contributed by atoms with van der Waals surface area (Å²) in [4.78, 5) is 24.0. The summed E-state index contributed by atoms with van der Waals surface area (Å²) in [6.07, 6.45) is -1.22. The molecule has 0 unspecified atom stereocenters. The molecular formula is C18H17F2NO4. The van der Waals surface area contributed by atoms with Gasteiger partial charge in [-0.25, -0.2) is 8.78 Å². The third kappa shape index (κ3) is 5.00. The van der Waals surface area contributed by atoms with E-state index in [0.29, 0.717) is 17.4 Å². The van der Waals surface area contributed by atoms with Gasteiger partial charge in [-0.15, -0.1) is 0 Å². The second-order valence-corrected chi connectivity index (χ2v) is 5.23. The Kier molecular flexibility index (Phi) is 6.05. The summed E-state index contributed by atoms with van der Waals surface area (Å²) < 4.78 is 36.6. The van der Waals surface area contributed by atoms with Crippen LogP contribution in [0.4, 0.5) is 14.5 Å². The van der Waals surface area contributed by atoms with Gasteiger partial charge in [0, 0.05) is 11.6 Å². The number of anilines is 1. The molecule has 0 aliphatic heterocycles. The van der Waals surface area contributed by atoms with Crippen molar-refractivity contribution in [3.8, 4) is 5.75 Å². The Labute approximate surface area is 143 Å². The molecule has 0 saturated carbocycles. The first-order valence-corrected chi connectivity index (χ1v) is 7.48. The van der Waals surface area contributed by atoms with E-state index in [4.69, 9.17) is 9.47 Å². The van der Waals surface area contributed by atoms with Crippen LogP contribution in [-0.2, 0) is 20.7 Å². The molecule has 0 saturated heterocycles. The summed E-state index contributed by atoms with van der Waals surface area (Å²) in [6.45, 7) is 1.36. The van der Waals surface area contributed by atoms with Crippen LogP contribution in [0.25, 0.3) is 0 Å². The first kappa shape index (κ1) is 18.4. The molecule has 0 aliphatic carbocycles. The highest BCUT2D eigenvalue weighted by Crippen LogP contribution is 2.19. The van der Waals surface area contributed by atoms with E-state index < -0.39 is 29.6 Å².